The molecule has 0 aromatic carbocycles. The van der Waals surface area contributed by atoms with Gasteiger partial charge >= 0.3 is 0 Å². The van der Waals surface area contributed by atoms with Gasteiger partial charge in [0.1, 0.15) is 5.03 Å². The highest BCUT2D eigenvalue weighted by Crippen LogP contribution is 2.24. The average Bonchev–Trinajstić information content (AvgIpc) is 2.09. The average molecular weight is 205 g/mol. The molecule has 0 fully saturated rings. The van der Waals surface area contributed by atoms with E-state index in [9.17, 15) is 0 Å². The van der Waals surface area contributed by atoms with E-state index in [0.29, 0.717) is 11.0 Å². The van der Waals surface area contributed by atoms with Crippen LogP contribution in [0.15, 0.2) is 11.2 Å². The molecule has 1 heterocycles. The van der Waals surface area contributed by atoms with Crippen LogP contribution in [-0.2, 0) is 0 Å². The zero-order chi connectivity index (χ0) is 8.97. The zero-order valence-electron chi connectivity index (χ0n) is 6.54. The van der Waals surface area contributed by atoms with Crippen LogP contribution < -0.4 is 11.3 Å². The summed E-state index contributed by atoms with van der Waals surface area (Å²) in [6.07, 6.45) is 1.53. The highest BCUT2D eigenvalue weighted by atomic mass is 35.5. The molecule has 1 aromatic rings. The van der Waals surface area contributed by atoms with E-state index in [4.69, 9.17) is 17.4 Å². The maximum absolute atomic E-state index is 5.82. The quantitative estimate of drug-likeness (QED) is 0.338. The van der Waals surface area contributed by atoms with E-state index in [0.717, 1.165) is 10.8 Å². The first kappa shape index (κ1) is 9.57. The molecule has 0 saturated heterocycles. The molecule has 0 amide bonds. The number of nitrogens with two attached hydrogens (primary N) is 1. The van der Waals surface area contributed by atoms with Crippen LogP contribution in [0.3, 0.4) is 0 Å². The Balaban J connectivity index is 2.91. The van der Waals surface area contributed by atoms with E-state index in [1.54, 1.807) is 11.8 Å². The molecule has 6 heteroatoms. The Morgan fingerprint density at radius 2 is 2.50 bits per heavy atom. The van der Waals surface area contributed by atoms with Gasteiger partial charge in [-0.2, -0.15) is 0 Å². The van der Waals surface area contributed by atoms with Crippen LogP contribution in [0.2, 0.25) is 5.02 Å². The number of hydrogen-bond acceptors (Lipinski definition) is 5. The Bertz CT molecular complexity index is 268. The summed E-state index contributed by atoms with van der Waals surface area (Å²) in [5.74, 6) is 6.44. The fourth-order valence-electron chi connectivity index (χ4n) is 0.659. The second-order valence-electron chi connectivity index (χ2n) is 1.92. The molecular formula is C6H9ClN4S. The lowest BCUT2D eigenvalue weighted by Crippen LogP contribution is -2.10. The van der Waals surface area contributed by atoms with Crippen LogP contribution >= 0.6 is 23.4 Å². The minimum Gasteiger partial charge on any atom is -0.292 e. The van der Waals surface area contributed by atoms with Crippen molar-refractivity contribution in [3.8, 4) is 0 Å². The predicted molar refractivity (Wildman–Crippen MR) is 51.3 cm³/mol. The van der Waals surface area contributed by atoms with Crippen LogP contribution in [0.1, 0.15) is 6.92 Å². The van der Waals surface area contributed by atoms with E-state index >= 15 is 0 Å². The van der Waals surface area contributed by atoms with E-state index in [1.807, 2.05) is 6.92 Å². The van der Waals surface area contributed by atoms with Gasteiger partial charge in [0.25, 0.3) is 0 Å². The third-order valence-electron chi connectivity index (χ3n) is 1.12. The van der Waals surface area contributed by atoms with Crippen molar-refractivity contribution in [1.29, 1.82) is 0 Å². The first-order valence-corrected chi connectivity index (χ1v) is 4.76. The molecule has 0 aliphatic rings. The lowest BCUT2D eigenvalue weighted by molar-refractivity contribution is 1.03. The number of halogens is 1. The Hall–Kier alpha value is -0.520. The standard InChI is InChI=1S/C6H9ClN4S/c1-2-12-5-4(7)3-9-6(10-5)11-8/h3H,2,8H2,1H3,(H,9,10,11). The monoisotopic (exact) mass is 204 g/mol. The summed E-state index contributed by atoms with van der Waals surface area (Å²) < 4.78 is 0. The van der Waals surface area contributed by atoms with Crippen molar-refractivity contribution in [1.82, 2.24) is 9.97 Å². The first-order valence-electron chi connectivity index (χ1n) is 3.40. The van der Waals surface area contributed by atoms with Crippen molar-refractivity contribution in [3.63, 3.8) is 0 Å². The predicted octanol–water partition coefficient (Wildman–Crippen LogP) is 1.53. The van der Waals surface area contributed by atoms with Gasteiger partial charge in [0.2, 0.25) is 5.95 Å². The van der Waals surface area contributed by atoms with Gasteiger partial charge in [-0.3, -0.25) is 5.43 Å². The van der Waals surface area contributed by atoms with Gasteiger partial charge in [-0.15, -0.1) is 11.8 Å². The number of nitrogen functional groups attached to an aromatic ring is 1. The number of hydrogen-bond donors (Lipinski definition) is 2. The van der Waals surface area contributed by atoms with Crippen molar-refractivity contribution < 1.29 is 0 Å². The maximum Gasteiger partial charge on any atom is 0.238 e. The normalized spacial score (nSPS) is 9.92. The summed E-state index contributed by atoms with van der Waals surface area (Å²) in [4.78, 5) is 7.91. The fraction of sp³-hybridized carbons (Fsp3) is 0.333. The van der Waals surface area contributed by atoms with Gasteiger partial charge in [-0.05, 0) is 5.75 Å². The molecule has 0 bridgehead atoms. The van der Waals surface area contributed by atoms with Gasteiger partial charge in [-0.1, -0.05) is 18.5 Å². The van der Waals surface area contributed by atoms with E-state index < -0.39 is 0 Å². The highest BCUT2D eigenvalue weighted by molar-refractivity contribution is 7.99. The smallest absolute Gasteiger partial charge is 0.238 e. The van der Waals surface area contributed by atoms with Crippen LogP contribution in [0.5, 0.6) is 0 Å². The van der Waals surface area contributed by atoms with Gasteiger partial charge in [0.05, 0.1) is 11.2 Å². The Kier molecular flexibility index (Phi) is 3.58. The van der Waals surface area contributed by atoms with Crippen LogP contribution in [-0.4, -0.2) is 15.7 Å². The number of aromatic nitrogens is 2. The summed E-state index contributed by atoms with van der Waals surface area (Å²) >= 11 is 7.37. The molecule has 4 nitrogen and oxygen atoms in total. The third kappa shape index (κ3) is 2.23. The molecule has 0 spiro atoms. The molecule has 0 unspecified atom stereocenters. The number of anilines is 1. The molecule has 0 saturated carbocycles. The molecule has 1 aromatic heterocycles. The van der Waals surface area contributed by atoms with Crippen molar-refractivity contribution in [2.75, 3.05) is 11.2 Å². The Morgan fingerprint density at radius 1 is 1.75 bits per heavy atom. The summed E-state index contributed by atoms with van der Waals surface area (Å²) in [5, 5.41) is 1.31. The largest absolute Gasteiger partial charge is 0.292 e. The van der Waals surface area contributed by atoms with Crippen molar-refractivity contribution >= 4 is 29.3 Å². The number of nitrogens with one attached hydrogen (secondary N) is 1. The van der Waals surface area contributed by atoms with E-state index in [2.05, 4.69) is 15.4 Å². The number of nitrogens with zero attached hydrogens (tertiary/aromatic N) is 2. The Labute approximate surface area is 79.9 Å². The van der Waals surface area contributed by atoms with Gasteiger partial charge in [0.15, 0.2) is 0 Å². The van der Waals surface area contributed by atoms with E-state index in [1.165, 1.54) is 6.20 Å². The molecule has 66 valence electrons. The molecule has 0 atom stereocenters. The third-order valence-corrected chi connectivity index (χ3v) is 2.38. The molecule has 0 radical (unpaired) electrons. The molecule has 0 aliphatic carbocycles. The number of thioether (sulfide) groups is 1. The van der Waals surface area contributed by atoms with Crippen molar-refractivity contribution in [2.24, 2.45) is 5.84 Å². The summed E-state index contributed by atoms with van der Waals surface area (Å²) in [5.41, 5.74) is 2.36. The van der Waals surface area contributed by atoms with Crippen molar-refractivity contribution in [3.05, 3.63) is 11.2 Å². The van der Waals surface area contributed by atoms with Crippen LogP contribution in [0.25, 0.3) is 0 Å². The SMILES string of the molecule is CCSc1nc(NN)ncc1Cl. The van der Waals surface area contributed by atoms with Gasteiger partial charge in [-0.25, -0.2) is 15.8 Å². The summed E-state index contributed by atoms with van der Waals surface area (Å²) in [6, 6.07) is 0. The van der Waals surface area contributed by atoms with Crippen LogP contribution in [0, 0.1) is 0 Å². The van der Waals surface area contributed by atoms with Crippen molar-refractivity contribution in [2.45, 2.75) is 11.9 Å². The fourth-order valence-corrected chi connectivity index (χ4v) is 1.53. The lowest BCUT2D eigenvalue weighted by Gasteiger charge is -2.02. The number of hydrazine groups is 1. The topological polar surface area (TPSA) is 63.8 Å². The van der Waals surface area contributed by atoms with Gasteiger partial charge in [0, 0.05) is 0 Å². The second kappa shape index (κ2) is 4.49. The maximum atomic E-state index is 5.82. The molecule has 12 heavy (non-hydrogen) atoms. The lowest BCUT2D eigenvalue weighted by atomic mass is 10.7. The Morgan fingerprint density at radius 3 is 3.08 bits per heavy atom. The minimum absolute atomic E-state index is 0.385. The molecule has 0 aliphatic heterocycles. The highest BCUT2D eigenvalue weighted by Gasteiger charge is 2.03. The molecule has 1 rings (SSSR count). The van der Waals surface area contributed by atoms with Crippen LogP contribution in [0.4, 0.5) is 5.95 Å². The molecule has 3 N–H and O–H groups in total. The summed E-state index contributed by atoms with van der Waals surface area (Å²) in [7, 11) is 0. The minimum atomic E-state index is 0.385. The first-order chi connectivity index (χ1) is 5.77. The van der Waals surface area contributed by atoms with E-state index in [-0.39, 0.29) is 0 Å². The summed E-state index contributed by atoms with van der Waals surface area (Å²) in [6.45, 7) is 2.03. The molecular weight excluding hydrogens is 196 g/mol. The second-order valence-corrected chi connectivity index (χ2v) is 3.58. The van der Waals surface area contributed by atoms with Gasteiger partial charge < -0.3 is 0 Å². The zero-order valence-corrected chi connectivity index (χ0v) is 8.11. The number of rotatable bonds is 3.